The van der Waals surface area contributed by atoms with E-state index in [0.29, 0.717) is 0 Å². The third-order valence-corrected chi connectivity index (χ3v) is 4.15. The second-order valence-corrected chi connectivity index (χ2v) is 5.65. The Morgan fingerprint density at radius 3 is 2.09 bits per heavy atom. The fraction of sp³-hybridized carbons (Fsp3) is 1.00. The van der Waals surface area contributed by atoms with Crippen molar-refractivity contribution in [2.24, 2.45) is 0 Å². The lowest BCUT2D eigenvalue weighted by Gasteiger charge is -2.44. The molecule has 136 valence electrons. The second kappa shape index (κ2) is 6.82. The molecular formula is C12H22O11. The van der Waals surface area contributed by atoms with Crippen LogP contribution in [-0.2, 0) is 14.2 Å². The van der Waals surface area contributed by atoms with Crippen molar-refractivity contribution in [3.8, 4) is 0 Å². The largest absolute Gasteiger partial charge is 0.394 e. The molecule has 0 aromatic rings. The smallest absolute Gasteiger partial charge is 0.222 e. The molecule has 2 aliphatic rings. The van der Waals surface area contributed by atoms with Gasteiger partial charge in [0.2, 0.25) is 11.6 Å². The lowest BCUT2D eigenvalue weighted by molar-refractivity contribution is -0.371. The molecule has 2 rings (SSSR count). The van der Waals surface area contributed by atoms with Gasteiger partial charge >= 0.3 is 0 Å². The van der Waals surface area contributed by atoms with E-state index in [1.54, 1.807) is 0 Å². The zero-order valence-corrected chi connectivity index (χ0v) is 12.1. The van der Waals surface area contributed by atoms with Crippen LogP contribution in [0.25, 0.3) is 0 Å². The van der Waals surface area contributed by atoms with E-state index >= 15 is 0 Å². The molecule has 0 amide bonds. The van der Waals surface area contributed by atoms with E-state index in [1.807, 2.05) is 0 Å². The van der Waals surface area contributed by atoms with Gasteiger partial charge in [-0.1, -0.05) is 0 Å². The number of rotatable bonds is 5. The molecule has 8 atom stereocenters. The molecule has 2 heterocycles. The average molecular weight is 342 g/mol. The summed E-state index contributed by atoms with van der Waals surface area (Å²) in [5.41, 5.74) is 0. The van der Waals surface area contributed by atoms with Crippen LogP contribution in [0.15, 0.2) is 0 Å². The van der Waals surface area contributed by atoms with Crippen molar-refractivity contribution < 1.29 is 55.1 Å². The lowest BCUT2D eigenvalue weighted by atomic mass is 9.96. The van der Waals surface area contributed by atoms with E-state index in [0.717, 1.165) is 0 Å². The van der Waals surface area contributed by atoms with Gasteiger partial charge in [0.05, 0.1) is 19.8 Å². The van der Waals surface area contributed by atoms with Crippen LogP contribution in [-0.4, -0.2) is 115 Å². The van der Waals surface area contributed by atoms with E-state index in [-0.39, 0.29) is 0 Å². The molecule has 23 heavy (non-hydrogen) atoms. The molecule has 0 saturated carbocycles. The SMILES string of the molecule is OC[C@H]1O[C@@](CO)(O[C@@H]2CO[C@](O)(CO)[C@H](O)[C@H]2O)[C@@H](O)[C@@H]1O. The van der Waals surface area contributed by atoms with Gasteiger partial charge in [-0.15, -0.1) is 0 Å². The monoisotopic (exact) mass is 342 g/mol. The zero-order chi connectivity index (χ0) is 17.4. The second-order valence-electron chi connectivity index (χ2n) is 5.65. The topological polar surface area (TPSA) is 190 Å². The van der Waals surface area contributed by atoms with Crippen molar-refractivity contribution in [3.05, 3.63) is 0 Å². The van der Waals surface area contributed by atoms with Crippen LogP contribution < -0.4 is 0 Å². The van der Waals surface area contributed by atoms with E-state index in [9.17, 15) is 30.6 Å². The summed E-state index contributed by atoms with van der Waals surface area (Å²) in [7, 11) is 0. The summed E-state index contributed by atoms with van der Waals surface area (Å²) in [6, 6.07) is 0. The number of aliphatic hydroxyl groups excluding tert-OH is 7. The van der Waals surface area contributed by atoms with Gasteiger partial charge in [0.15, 0.2) is 0 Å². The van der Waals surface area contributed by atoms with Gasteiger partial charge in [-0.3, -0.25) is 0 Å². The maximum atomic E-state index is 10.00. The van der Waals surface area contributed by atoms with E-state index in [2.05, 4.69) is 0 Å². The molecule has 2 saturated heterocycles. The van der Waals surface area contributed by atoms with Crippen LogP contribution in [0.5, 0.6) is 0 Å². The normalized spacial score (nSPS) is 51.1. The van der Waals surface area contributed by atoms with Gasteiger partial charge in [-0.05, 0) is 0 Å². The fourth-order valence-corrected chi connectivity index (χ4v) is 2.65. The minimum Gasteiger partial charge on any atom is -0.394 e. The predicted molar refractivity (Wildman–Crippen MR) is 68.7 cm³/mol. The summed E-state index contributed by atoms with van der Waals surface area (Å²) in [6.07, 6.45) is -9.55. The van der Waals surface area contributed by atoms with Gasteiger partial charge in [-0.2, -0.15) is 0 Å². The Hall–Kier alpha value is -0.440. The molecule has 0 aromatic heterocycles. The minimum atomic E-state index is -2.38. The Balaban J connectivity index is 2.14. The maximum absolute atomic E-state index is 10.00. The van der Waals surface area contributed by atoms with Gasteiger partial charge in [0.1, 0.15) is 43.2 Å². The van der Waals surface area contributed by atoms with Crippen LogP contribution in [0.4, 0.5) is 0 Å². The molecule has 8 N–H and O–H groups in total. The molecular weight excluding hydrogens is 320 g/mol. The average Bonchev–Trinajstić information content (AvgIpc) is 2.80. The summed E-state index contributed by atoms with van der Waals surface area (Å²) in [6.45, 7) is -3.06. The van der Waals surface area contributed by atoms with Crippen molar-refractivity contribution in [1.82, 2.24) is 0 Å². The molecule has 0 unspecified atom stereocenters. The summed E-state index contributed by atoms with van der Waals surface area (Å²) in [5.74, 6) is -4.54. The van der Waals surface area contributed by atoms with Crippen LogP contribution in [0.3, 0.4) is 0 Å². The summed E-state index contributed by atoms with van der Waals surface area (Å²) in [5, 5.41) is 76.8. The van der Waals surface area contributed by atoms with Crippen molar-refractivity contribution in [3.63, 3.8) is 0 Å². The highest BCUT2D eigenvalue weighted by atomic mass is 16.8. The van der Waals surface area contributed by atoms with Gasteiger partial charge < -0.3 is 55.1 Å². The van der Waals surface area contributed by atoms with Crippen LogP contribution in [0, 0.1) is 0 Å². The molecule has 0 aliphatic carbocycles. The van der Waals surface area contributed by atoms with Crippen molar-refractivity contribution in [2.75, 3.05) is 26.4 Å². The Kier molecular flexibility index (Phi) is 5.60. The minimum absolute atomic E-state index is 0.507. The third kappa shape index (κ3) is 3.10. The van der Waals surface area contributed by atoms with Crippen molar-refractivity contribution >= 4 is 0 Å². The molecule has 11 heteroatoms. The predicted octanol–water partition coefficient (Wildman–Crippen LogP) is -5.39. The lowest BCUT2D eigenvalue weighted by Crippen LogP contribution is -2.65. The molecule has 0 radical (unpaired) electrons. The molecule has 0 spiro atoms. The van der Waals surface area contributed by atoms with Crippen LogP contribution in [0.1, 0.15) is 0 Å². The Morgan fingerprint density at radius 1 is 0.957 bits per heavy atom. The molecule has 2 fully saturated rings. The number of aliphatic hydroxyl groups is 8. The number of hydrogen-bond acceptors (Lipinski definition) is 11. The molecule has 0 bridgehead atoms. The van der Waals surface area contributed by atoms with Crippen molar-refractivity contribution in [1.29, 1.82) is 0 Å². The van der Waals surface area contributed by atoms with Crippen LogP contribution in [0.2, 0.25) is 0 Å². The van der Waals surface area contributed by atoms with E-state index < -0.39 is 74.6 Å². The Bertz CT molecular complexity index is 408. The van der Waals surface area contributed by atoms with E-state index in [4.69, 9.17) is 24.4 Å². The van der Waals surface area contributed by atoms with Gasteiger partial charge in [0, 0.05) is 0 Å². The summed E-state index contributed by atoms with van der Waals surface area (Å²) < 4.78 is 15.3. The highest BCUT2D eigenvalue weighted by Gasteiger charge is 2.58. The highest BCUT2D eigenvalue weighted by Crippen LogP contribution is 2.36. The standard InChI is InChI=1S/C12H22O11/c13-1-5-7(16)10(19)12(4-15,22-5)23-6-2-21-11(20,3-14)9(18)8(6)17/h5-10,13-20H,1-4H2/t5-,6-,7-,8+,9-,10+,11-,12+/m1/s1. The maximum Gasteiger partial charge on any atom is 0.222 e. The molecule has 0 aromatic carbocycles. The number of ether oxygens (including phenoxy) is 3. The zero-order valence-electron chi connectivity index (χ0n) is 12.1. The fourth-order valence-electron chi connectivity index (χ4n) is 2.65. The Morgan fingerprint density at radius 2 is 1.61 bits per heavy atom. The first-order valence-corrected chi connectivity index (χ1v) is 7.01. The molecule has 2 aliphatic heterocycles. The highest BCUT2D eigenvalue weighted by molar-refractivity contribution is 4.99. The first-order chi connectivity index (χ1) is 10.7. The quantitative estimate of drug-likeness (QED) is 0.238. The third-order valence-electron chi connectivity index (χ3n) is 4.15. The summed E-state index contributed by atoms with van der Waals surface area (Å²) in [4.78, 5) is 0. The number of hydrogen-bond donors (Lipinski definition) is 8. The van der Waals surface area contributed by atoms with Crippen LogP contribution >= 0.6 is 0 Å². The first-order valence-electron chi connectivity index (χ1n) is 7.01. The van der Waals surface area contributed by atoms with Gasteiger partial charge in [-0.25, -0.2) is 0 Å². The van der Waals surface area contributed by atoms with E-state index in [1.165, 1.54) is 0 Å². The Labute approximate surface area is 130 Å². The molecule has 11 nitrogen and oxygen atoms in total. The van der Waals surface area contributed by atoms with Gasteiger partial charge in [0.25, 0.3) is 0 Å². The van der Waals surface area contributed by atoms with Crippen molar-refractivity contribution in [2.45, 2.75) is 48.2 Å². The summed E-state index contributed by atoms with van der Waals surface area (Å²) >= 11 is 0. The first kappa shape index (κ1) is 18.9.